The minimum absolute atomic E-state index is 0.0533. The first kappa shape index (κ1) is 10.4. The highest BCUT2D eigenvalue weighted by atomic mass is 16.1. The SMILES string of the molecule is O=c1cc(-c2ccccc2)[nH]n1C1CCNC1. The molecule has 0 spiro atoms. The predicted octanol–water partition coefficient (Wildman–Crippen LogP) is 1.38. The lowest BCUT2D eigenvalue weighted by atomic mass is 10.2. The summed E-state index contributed by atoms with van der Waals surface area (Å²) in [4.78, 5) is 11.9. The Morgan fingerprint density at radius 2 is 2.06 bits per heavy atom. The molecule has 3 rings (SSSR count). The van der Waals surface area contributed by atoms with Crippen molar-refractivity contribution < 1.29 is 0 Å². The molecular weight excluding hydrogens is 214 g/mol. The standard InChI is InChI=1S/C13H15N3O/c17-13-8-12(10-4-2-1-3-5-10)15-16(13)11-6-7-14-9-11/h1-5,8,11,14-15H,6-7,9H2. The van der Waals surface area contributed by atoms with Crippen LogP contribution in [0.4, 0.5) is 0 Å². The van der Waals surface area contributed by atoms with Crippen molar-refractivity contribution in [3.05, 3.63) is 46.8 Å². The van der Waals surface area contributed by atoms with Crippen LogP contribution >= 0.6 is 0 Å². The Morgan fingerprint density at radius 3 is 2.76 bits per heavy atom. The van der Waals surface area contributed by atoms with Crippen molar-refractivity contribution in [2.75, 3.05) is 13.1 Å². The van der Waals surface area contributed by atoms with E-state index in [1.54, 1.807) is 10.7 Å². The van der Waals surface area contributed by atoms with Crippen molar-refractivity contribution in [1.29, 1.82) is 0 Å². The minimum atomic E-state index is 0.0533. The van der Waals surface area contributed by atoms with Crippen molar-refractivity contribution >= 4 is 0 Å². The average molecular weight is 229 g/mol. The van der Waals surface area contributed by atoms with E-state index in [0.29, 0.717) is 0 Å². The lowest BCUT2D eigenvalue weighted by molar-refractivity contribution is 0.478. The first-order chi connectivity index (χ1) is 8.34. The van der Waals surface area contributed by atoms with Crippen LogP contribution in [-0.2, 0) is 0 Å². The van der Waals surface area contributed by atoms with Gasteiger partial charge < -0.3 is 5.32 Å². The number of benzene rings is 1. The maximum atomic E-state index is 11.9. The highest BCUT2D eigenvalue weighted by Gasteiger charge is 2.19. The van der Waals surface area contributed by atoms with Gasteiger partial charge in [-0.2, -0.15) is 0 Å². The van der Waals surface area contributed by atoms with E-state index in [1.165, 1.54) is 0 Å². The van der Waals surface area contributed by atoms with Gasteiger partial charge in [0.1, 0.15) is 0 Å². The van der Waals surface area contributed by atoms with Gasteiger partial charge in [0, 0.05) is 12.6 Å². The molecule has 1 aliphatic heterocycles. The van der Waals surface area contributed by atoms with E-state index >= 15 is 0 Å². The van der Waals surface area contributed by atoms with Crippen molar-refractivity contribution in [1.82, 2.24) is 15.1 Å². The summed E-state index contributed by atoms with van der Waals surface area (Å²) in [5.41, 5.74) is 1.99. The lowest BCUT2D eigenvalue weighted by Gasteiger charge is -2.08. The molecule has 1 atom stereocenters. The number of rotatable bonds is 2. The van der Waals surface area contributed by atoms with Crippen molar-refractivity contribution in [3.8, 4) is 11.3 Å². The molecule has 88 valence electrons. The molecule has 0 bridgehead atoms. The van der Waals surface area contributed by atoms with E-state index < -0.39 is 0 Å². The summed E-state index contributed by atoms with van der Waals surface area (Å²) >= 11 is 0. The predicted molar refractivity (Wildman–Crippen MR) is 67.0 cm³/mol. The number of aromatic nitrogens is 2. The first-order valence-corrected chi connectivity index (χ1v) is 5.92. The first-order valence-electron chi connectivity index (χ1n) is 5.92. The zero-order valence-corrected chi connectivity index (χ0v) is 9.52. The van der Waals surface area contributed by atoms with Gasteiger partial charge in [0.15, 0.2) is 0 Å². The smallest absolute Gasteiger partial charge is 0.267 e. The second kappa shape index (κ2) is 4.22. The third kappa shape index (κ3) is 1.91. The van der Waals surface area contributed by atoms with Crippen LogP contribution in [0.2, 0.25) is 0 Å². The van der Waals surface area contributed by atoms with Crippen LogP contribution in [0.5, 0.6) is 0 Å². The van der Waals surface area contributed by atoms with E-state index in [2.05, 4.69) is 10.4 Å². The van der Waals surface area contributed by atoms with Crippen LogP contribution in [-0.4, -0.2) is 22.9 Å². The van der Waals surface area contributed by atoms with Gasteiger partial charge in [0.05, 0.1) is 11.7 Å². The summed E-state index contributed by atoms with van der Waals surface area (Å²) in [6.07, 6.45) is 1.01. The summed E-state index contributed by atoms with van der Waals surface area (Å²) < 4.78 is 1.74. The zero-order valence-electron chi connectivity index (χ0n) is 9.52. The fraction of sp³-hybridized carbons (Fsp3) is 0.308. The number of H-pyrrole nitrogens is 1. The van der Waals surface area contributed by atoms with Crippen LogP contribution in [0.1, 0.15) is 12.5 Å². The van der Waals surface area contributed by atoms with Gasteiger partial charge in [0.25, 0.3) is 5.56 Å². The van der Waals surface area contributed by atoms with Crippen LogP contribution in [0.25, 0.3) is 11.3 Å². The Kier molecular flexibility index (Phi) is 2.57. The van der Waals surface area contributed by atoms with Crippen LogP contribution in [0, 0.1) is 0 Å². The molecule has 17 heavy (non-hydrogen) atoms. The van der Waals surface area contributed by atoms with E-state index in [1.807, 2.05) is 30.3 Å². The Morgan fingerprint density at radius 1 is 1.24 bits per heavy atom. The molecule has 1 unspecified atom stereocenters. The monoisotopic (exact) mass is 229 g/mol. The summed E-state index contributed by atoms with van der Waals surface area (Å²) in [7, 11) is 0. The van der Waals surface area contributed by atoms with E-state index in [9.17, 15) is 4.79 Å². The molecule has 0 saturated carbocycles. The molecule has 1 aromatic carbocycles. The number of aromatic amines is 1. The highest BCUT2D eigenvalue weighted by molar-refractivity contribution is 5.58. The van der Waals surface area contributed by atoms with Crippen LogP contribution in [0.15, 0.2) is 41.2 Å². The average Bonchev–Trinajstić information content (AvgIpc) is 2.99. The molecule has 0 aliphatic carbocycles. The Balaban J connectivity index is 1.98. The maximum absolute atomic E-state index is 11.9. The third-order valence-electron chi connectivity index (χ3n) is 3.23. The summed E-state index contributed by atoms with van der Waals surface area (Å²) in [5, 5.41) is 6.47. The van der Waals surface area contributed by atoms with Crippen LogP contribution < -0.4 is 10.9 Å². The fourth-order valence-electron chi connectivity index (χ4n) is 2.31. The van der Waals surface area contributed by atoms with E-state index in [-0.39, 0.29) is 11.6 Å². The molecule has 4 heteroatoms. The van der Waals surface area contributed by atoms with Crippen molar-refractivity contribution in [3.63, 3.8) is 0 Å². The van der Waals surface area contributed by atoms with Gasteiger partial charge in [-0.25, -0.2) is 4.68 Å². The van der Waals surface area contributed by atoms with Crippen molar-refractivity contribution in [2.24, 2.45) is 0 Å². The molecule has 4 nitrogen and oxygen atoms in total. The summed E-state index contributed by atoms with van der Waals surface area (Å²) in [5.74, 6) is 0. The molecular formula is C13H15N3O. The normalized spacial score (nSPS) is 19.6. The van der Waals surface area contributed by atoms with Gasteiger partial charge in [0.2, 0.25) is 0 Å². The topological polar surface area (TPSA) is 49.8 Å². The van der Waals surface area contributed by atoms with E-state index in [0.717, 1.165) is 30.8 Å². The van der Waals surface area contributed by atoms with E-state index in [4.69, 9.17) is 0 Å². The zero-order chi connectivity index (χ0) is 11.7. The summed E-state index contributed by atoms with van der Waals surface area (Å²) in [6, 6.07) is 11.9. The molecule has 1 aromatic heterocycles. The molecule has 2 heterocycles. The molecule has 2 N–H and O–H groups in total. The number of nitrogens with one attached hydrogen (secondary N) is 2. The number of hydrogen-bond acceptors (Lipinski definition) is 2. The fourth-order valence-corrected chi connectivity index (χ4v) is 2.31. The van der Waals surface area contributed by atoms with Gasteiger partial charge in [-0.1, -0.05) is 30.3 Å². The lowest BCUT2D eigenvalue weighted by Crippen LogP contribution is -2.23. The Bertz CT molecular complexity index is 550. The molecule has 1 fully saturated rings. The third-order valence-corrected chi connectivity index (χ3v) is 3.23. The number of nitrogens with zero attached hydrogens (tertiary/aromatic N) is 1. The van der Waals surface area contributed by atoms with Gasteiger partial charge in [-0.3, -0.25) is 9.89 Å². The second-order valence-corrected chi connectivity index (χ2v) is 4.39. The Labute approximate surface area is 99.3 Å². The molecule has 1 aliphatic rings. The van der Waals surface area contributed by atoms with Gasteiger partial charge >= 0.3 is 0 Å². The number of hydrogen-bond donors (Lipinski definition) is 2. The molecule has 0 amide bonds. The largest absolute Gasteiger partial charge is 0.315 e. The van der Waals surface area contributed by atoms with Crippen LogP contribution in [0.3, 0.4) is 0 Å². The molecule has 0 radical (unpaired) electrons. The van der Waals surface area contributed by atoms with Gasteiger partial charge in [-0.05, 0) is 18.5 Å². The minimum Gasteiger partial charge on any atom is -0.315 e. The highest BCUT2D eigenvalue weighted by Crippen LogP contribution is 2.17. The maximum Gasteiger partial charge on any atom is 0.267 e. The second-order valence-electron chi connectivity index (χ2n) is 4.39. The summed E-state index contributed by atoms with van der Waals surface area (Å²) in [6.45, 7) is 1.85. The quantitative estimate of drug-likeness (QED) is 0.817. The Hall–Kier alpha value is -1.81. The molecule has 2 aromatic rings. The molecule has 1 saturated heterocycles. The van der Waals surface area contributed by atoms with Crippen molar-refractivity contribution in [2.45, 2.75) is 12.5 Å². The van der Waals surface area contributed by atoms with Gasteiger partial charge in [-0.15, -0.1) is 0 Å².